The molecule has 1 heterocycles. The molecule has 0 fully saturated rings. The summed E-state index contributed by atoms with van der Waals surface area (Å²) in [6.07, 6.45) is 3.72. The van der Waals surface area contributed by atoms with E-state index in [0.717, 1.165) is 0 Å². The molecule has 0 amide bonds. The number of hydrogen-bond acceptors (Lipinski definition) is 2. The SMILES string of the molecule is CCN(CC)/[N+]([O-])=[N+](\[O-])CC[n+]1ccccc1. The summed E-state index contributed by atoms with van der Waals surface area (Å²) in [5.41, 5.74) is 0. The average molecular weight is 239 g/mol. The predicted molar refractivity (Wildman–Crippen MR) is 61.7 cm³/mol. The molecule has 1 aromatic rings. The minimum Gasteiger partial charge on any atom is -0.662 e. The van der Waals surface area contributed by atoms with Crippen molar-refractivity contribution < 1.29 is 14.4 Å². The molecular weight excluding hydrogens is 220 g/mol. The molecule has 94 valence electrons. The van der Waals surface area contributed by atoms with Gasteiger partial charge in [-0.25, -0.2) is 4.57 Å². The van der Waals surface area contributed by atoms with Crippen molar-refractivity contribution in [3.8, 4) is 0 Å². The van der Waals surface area contributed by atoms with Gasteiger partial charge in [0.1, 0.15) is 13.1 Å². The lowest BCUT2D eigenvalue weighted by molar-refractivity contribution is -1.04. The summed E-state index contributed by atoms with van der Waals surface area (Å²) in [4.78, 5) is 0.830. The zero-order valence-corrected chi connectivity index (χ0v) is 10.3. The van der Waals surface area contributed by atoms with Gasteiger partial charge in [-0.3, -0.25) is 0 Å². The molecule has 6 heteroatoms. The van der Waals surface area contributed by atoms with Crippen molar-refractivity contribution in [2.45, 2.75) is 20.4 Å². The van der Waals surface area contributed by atoms with Crippen molar-refractivity contribution >= 4 is 0 Å². The van der Waals surface area contributed by atoms with Crippen LogP contribution in [0.15, 0.2) is 30.6 Å². The van der Waals surface area contributed by atoms with E-state index in [2.05, 4.69) is 0 Å². The average Bonchev–Trinajstić information content (AvgIpc) is 2.38. The highest BCUT2D eigenvalue weighted by atomic mass is 16.6. The van der Waals surface area contributed by atoms with E-state index in [4.69, 9.17) is 0 Å². The van der Waals surface area contributed by atoms with Crippen LogP contribution in [0.3, 0.4) is 0 Å². The van der Waals surface area contributed by atoms with Gasteiger partial charge in [-0.15, -0.1) is 0 Å². The first-order valence-corrected chi connectivity index (χ1v) is 5.79. The van der Waals surface area contributed by atoms with Gasteiger partial charge in [-0.1, -0.05) is 6.07 Å². The molecule has 6 nitrogen and oxygen atoms in total. The van der Waals surface area contributed by atoms with Crippen molar-refractivity contribution in [3.63, 3.8) is 0 Å². The Morgan fingerprint density at radius 1 is 1.06 bits per heavy atom. The Balaban J connectivity index is 2.59. The minimum absolute atomic E-state index is 0.134. The molecule has 0 saturated carbocycles. The van der Waals surface area contributed by atoms with Gasteiger partial charge in [0.05, 0.1) is 0 Å². The molecule has 1 rings (SSSR count). The first kappa shape index (κ1) is 13.2. The molecule has 0 spiro atoms. The van der Waals surface area contributed by atoms with Crippen LogP contribution >= 0.6 is 0 Å². The zero-order chi connectivity index (χ0) is 12.7. The number of hydrazine groups is 1. The van der Waals surface area contributed by atoms with Crippen LogP contribution in [0.5, 0.6) is 0 Å². The van der Waals surface area contributed by atoms with Crippen LogP contribution in [0.4, 0.5) is 0 Å². The van der Waals surface area contributed by atoms with Crippen molar-refractivity contribution in [2.24, 2.45) is 0 Å². The van der Waals surface area contributed by atoms with Gasteiger partial charge < -0.3 is 10.4 Å². The summed E-state index contributed by atoms with van der Waals surface area (Å²) >= 11 is 0. The van der Waals surface area contributed by atoms with E-state index in [9.17, 15) is 10.4 Å². The van der Waals surface area contributed by atoms with Gasteiger partial charge in [0.2, 0.25) is 6.54 Å². The highest BCUT2D eigenvalue weighted by Gasteiger charge is 2.16. The summed E-state index contributed by atoms with van der Waals surface area (Å²) in [7, 11) is 0. The molecule has 0 saturated heterocycles. The molecule has 0 radical (unpaired) electrons. The second kappa shape index (κ2) is 6.67. The molecular formula is C11H19N4O2+. The van der Waals surface area contributed by atoms with Gasteiger partial charge in [0, 0.05) is 12.1 Å². The lowest BCUT2D eigenvalue weighted by Gasteiger charge is -2.12. The summed E-state index contributed by atoms with van der Waals surface area (Å²) in [5.74, 6) is 0. The minimum atomic E-state index is 0.134. The van der Waals surface area contributed by atoms with Crippen molar-refractivity contribution in [1.29, 1.82) is 0 Å². The second-order valence-corrected chi connectivity index (χ2v) is 3.58. The third-order valence-electron chi connectivity index (χ3n) is 2.49. The Hall–Kier alpha value is -1.85. The lowest BCUT2D eigenvalue weighted by atomic mass is 10.5. The monoisotopic (exact) mass is 239 g/mol. The van der Waals surface area contributed by atoms with E-state index in [0.29, 0.717) is 29.5 Å². The van der Waals surface area contributed by atoms with Crippen LogP contribution in [-0.2, 0) is 6.54 Å². The van der Waals surface area contributed by atoms with E-state index >= 15 is 0 Å². The van der Waals surface area contributed by atoms with E-state index in [1.807, 2.05) is 49.0 Å². The Bertz CT molecular complexity index is 363. The summed E-state index contributed by atoms with van der Waals surface area (Å²) in [5, 5.41) is 24.6. The standard InChI is InChI=1S/C11H19N4O2/c1-3-13(4-2)15(17)14(16)11-10-12-8-6-5-7-9-12/h5-9H,3-4,10-11H2,1-2H3/q+1/b15-14+. The van der Waals surface area contributed by atoms with Crippen LogP contribution in [0.2, 0.25) is 0 Å². The highest BCUT2D eigenvalue weighted by Crippen LogP contribution is 1.89. The Morgan fingerprint density at radius 2 is 1.65 bits per heavy atom. The first-order valence-electron chi connectivity index (χ1n) is 5.79. The number of hydroxylamine groups is 1. The molecule has 0 unspecified atom stereocenters. The Morgan fingerprint density at radius 3 is 2.18 bits per heavy atom. The van der Waals surface area contributed by atoms with Gasteiger partial charge in [-0.05, 0) is 23.7 Å². The number of nitrogens with zero attached hydrogens (tertiary/aromatic N) is 4. The molecule has 0 N–H and O–H groups in total. The fraction of sp³-hybridized carbons (Fsp3) is 0.545. The molecule has 0 aliphatic carbocycles. The Kier molecular flexibility index (Phi) is 5.19. The summed E-state index contributed by atoms with van der Waals surface area (Å²) in [6.45, 7) is 5.36. The van der Waals surface area contributed by atoms with E-state index in [1.165, 1.54) is 5.01 Å². The van der Waals surface area contributed by atoms with Crippen LogP contribution in [0, 0.1) is 10.4 Å². The van der Waals surface area contributed by atoms with Crippen molar-refractivity contribution in [3.05, 3.63) is 41.0 Å². The fourth-order valence-corrected chi connectivity index (χ4v) is 1.48. The maximum absolute atomic E-state index is 11.6. The largest absolute Gasteiger partial charge is 0.662 e. The normalized spacial score (nSPS) is 12.1. The van der Waals surface area contributed by atoms with Gasteiger partial charge in [0.15, 0.2) is 23.9 Å². The highest BCUT2D eigenvalue weighted by molar-refractivity contribution is 4.83. The maximum Gasteiger partial charge on any atom is 0.210 e. The summed E-state index contributed by atoms with van der Waals surface area (Å²) in [6, 6.07) is 5.67. The number of aromatic nitrogens is 1. The molecule has 0 bridgehead atoms. The number of rotatable bonds is 6. The maximum atomic E-state index is 11.6. The topological polar surface area (TPSA) is 59.3 Å². The van der Waals surface area contributed by atoms with Crippen LogP contribution in [0.1, 0.15) is 13.8 Å². The third kappa shape index (κ3) is 3.90. The molecule has 0 aromatic carbocycles. The lowest BCUT2D eigenvalue weighted by Crippen LogP contribution is -2.41. The fourth-order valence-electron chi connectivity index (χ4n) is 1.48. The molecule has 17 heavy (non-hydrogen) atoms. The van der Waals surface area contributed by atoms with E-state index < -0.39 is 0 Å². The second-order valence-electron chi connectivity index (χ2n) is 3.58. The Labute approximate surface area is 101 Å². The van der Waals surface area contributed by atoms with Gasteiger partial charge in [0.25, 0.3) is 0 Å². The summed E-state index contributed by atoms with van der Waals surface area (Å²) < 4.78 is 1.86. The third-order valence-corrected chi connectivity index (χ3v) is 2.49. The van der Waals surface area contributed by atoms with Crippen molar-refractivity contribution in [1.82, 2.24) is 5.01 Å². The molecule has 0 aliphatic rings. The van der Waals surface area contributed by atoms with E-state index in [-0.39, 0.29) is 6.54 Å². The number of hydrogen-bond donors (Lipinski definition) is 0. The smallest absolute Gasteiger partial charge is 0.210 e. The van der Waals surface area contributed by atoms with Crippen molar-refractivity contribution in [2.75, 3.05) is 19.6 Å². The first-order chi connectivity index (χ1) is 8.19. The van der Waals surface area contributed by atoms with Crippen LogP contribution in [-0.4, -0.2) is 34.5 Å². The van der Waals surface area contributed by atoms with Gasteiger partial charge in [-0.2, -0.15) is 0 Å². The van der Waals surface area contributed by atoms with Gasteiger partial charge >= 0.3 is 0 Å². The van der Waals surface area contributed by atoms with E-state index in [1.54, 1.807) is 0 Å². The number of pyridine rings is 1. The molecule has 0 atom stereocenters. The predicted octanol–water partition coefficient (Wildman–Crippen LogP) is 0.704. The van der Waals surface area contributed by atoms with Crippen LogP contribution < -0.4 is 4.57 Å². The molecule has 0 aliphatic heterocycles. The quantitative estimate of drug-likeness (QED) is 0.417. The molecule has 1 aromatic heterocycles. The van der Waals surface area contributed by atoms with Crippen LogP contribution in [0.25, 0.3) is 0 Å². The zero-order valence-electron chi connectivity index (χ0n) is 10.3.